The number of anilines is 1. The Morgan fingerprint density at radius 3 is 2.79 bits per heavy atom. The van der Waals surface area contributed by atoms with Crippen molar-refractivity contribution in [2.45, 2.75) is 13.5 Å². The molecular weight excluding hydrogens is 264 g/mol. The van der Waals surface area contributed by atoms with Crippen LogP contribution in [0.1, 0.15) is 21.7 Å². The molecule has 0 bridgehead atoms. The predicted molar refractivity (Wildman–Crippen MR) is 74.0 cm³/mol. The molecule has 0 amide bonds. The molecule has 2 N–H and O–H groups in total. The highest BCUT2D eigenvalue weighted by Crippen LogP contribution is 2.23. The number of carbonyl (C=O) groups is 1. The van der Waals surface area contributed by atoms with Crippen molar-refractivity contribution >= 4 is 23.3 Å². The number of ether oxygens (including phenoxy) is 1. The van der Waals surface area contributed by atoms with E-state index < -0.39 is 5.97 Å². The summed E-state index contributed by atoms with van der Waals surface area (Å²) in [6.45, 7) is 1.98. The number of rotatable bonds is 3. The van der Waals surface area contributed by atoms with Crippen LogP contribution < -0.4 is 5.73 Å². The van der Waals surface area contributed by atoms with Crippen LogP contribution in [0, 0.1) is 6.92 Å². The van der Waals surface area contributed by atoms with Crippen LogP contribution in [0.4, 0.5) is 5.69 Å². The standard InChI is InChI=1S/C14H13ClN2O2/c1-9-4-2-5-10(17-9)8-19-14(18)11-6-3-7-12(15)13(11)16/h2-7H,8,16H2,1H3. The van der Waals surface area contributed by atoms with Gasteiger partial charge in [0.2, 0.25) is 0 Å². The molecule has 0 fully saturated rings. The molecule has 2 aromatic rings. The zero-order chi connectivity index (χ0) is 13.8. The van der Waals surface area contributed by atoms with Crippen molar-refractivity contribution in [2.24, 2.45) is 0 Å². The summed E-state index contributed by atoms with van der Waals surface area (Å²) >= 11 is 5.85. The van der Waals surface area contributed by atoms with Crippen molar-refractivity contribution in [2.75, 3.05) is 5.73 Å². The predicted octanol–water partition coefficient (Wildman–Crippen LogP) is 2.98. The van der Waals surface area contributed by atoms with Gasteiger partial charge in [0.1, 0.15) is 6.61 Å². The SMILES string of the molecule is Cc1cccc(COC(=O)c2cccc(Cl)c2N)n1. The zero-order valence-corrected chi connectivity index (χ0v) is 11.1. The van der Waals surface area contributed by atoms with E-state index in [9.17, 15) is 4.79 Å². The lowest BCUT2D eigenvalue weighted by molar-refractivity contribution is 0.0469. The van der Waals surface area contributed by atoms with E-state index in [-0.39, 0.29) is 17.9 Å². The Morgan fingerprint density at radius 1 is 1.32 bits per heavy atom. The van der Waals surface area contributed by atoms with Gasteiger partial charge in [0.05, 0.1) is 22.0 Å². The molecule has 0 spiro atoms. The van der Waals surface area contributed by atoms with Crippen molar-refractivity contribution in [1.82, 2.24) is 4.98 Å². The minimum atomic E-state index is -0.511. The molecule has 0 saturated heterocycles. The van der Waals surface area contributed by atoms with E-state index in [2.05, 4.69) is 4.98 Å². The molecule has 98 valence electrons. The van der Waals surface area contributed by atoms with E-state index in [4.69, 9.17) is 22.1 Å². The first-order chi connectivity index (χ1) is 9.08. The van der Waals surface area contributed by atoms with Gasteiger partial charge in [-0.3, -0.25) is 4.98 Å². The second-order valence-electron chi connectivity index (χ2n) is 4.05. The number of hydrogen-bond donors (Lipinski definition) is 1. The summed E-state index contributed by atoms with van der Waals surface area (Å²) in [5.41, 5.74) is 7.78. The number of carbonyl (C=O) groups excluding carboxylic acids is 1. The fourth-order valence-corrected chi connectivity index (χ4v) is 1.79. The Kier molecular flexibility index (Phi) is 4.02. The average Bonchev–Trinajstić information content (AvgIpc) is 2.39. The van der Waals surface area contributed by atoms with Gasteiger partial charge in [0.15, 0.2) is 0 Å². The lowest BCUT2D eigenvalue weighted by atomic mass is 10.2. The van der Waals surface area contributed by atoms with Crippen molar-refractivity contribution in [3.63, 3.8) is 0 Å². The van der Waals surface area contributed by atoms with E-state index in [1.807, 2.05) is 19.1 Å². The number of hydrogen-bond acceptors (Lipinski definition) is 4. The molecule has 0 radical (unpaired) electrons. The molecule has 0 saturated carbocycles. The number of pyridine rings is 1. The van der Waals surface area contributed by atoms with Crippen LogP contribution in [0.25, 0.3) is 0 Å². The summed E-state index contributed by atoms with van der Waals surface area (Å²) in [7, 11) is 0. The van der Waals surface area contributed by atoms with Crippen LogP contribution in [-0.2, 0) is 11.3 Å². The molecule has 2 rings (SSSR count). The van der Waals surface area contributed by atoms with E-state index in [1.54, 1.807) is 24.3 Å². The number of halogens is 1. The molecular formula is C14H13ClN2O2. The molecule has 5 heteroatoms. The normalized spacial score (nSPS) is 10.2. The number of benzene rings is 1. The summed E-state index contributed by atoms with van der Waals surface area (Å²) in [5.74, 6) is -0.511. The largest absolute Gasteiger partial charge is 0.456 e. The van der Waals surface area contributed by atoms with Gasteiger partial charge in [0, 0.05) is 5.69 Å². The lowest BCUT2D eigenvalue weighted by Crippen LogP contribution is -2.09. The average molecular weight is 277 g/mol. The van der Waals surface area contributed by atoms with Gasteiger partial charge in [-0.25, -0.2) is 4.79 Å². The molecule has 0 unspecified atom stereocenters. The van der Waals surface area contributed by atoms with E-state index in [0.717, 1.165) is 5.69 Å². The Labute approximate surface area is 116 Å². The number of aryl methyl sites for hydroxylation is 1. The van der Waals surface area contributed by atoms with Crippen LogP contribution >= 0.6 is 11.6 Å². The molecule has 0 aliphatic carbocycles. The van der Waals surface area contributed by atoms with Gasteiger partial charge in [-0.1, -0.05) is 23.7 Å². The van der Waals surface area contributed by atoms with Crippen molar-refractivity contribution < 1.29 is 9.53 Å². The van der Waals surface area contributed by atoms with Gasteiger partial charge in [-0.2, -0.15) is 0 Å². The van der Waals surface area contributed by atoms with Crippen molar-refractivity contribution in [3.8, 4) is 0 Å². The number of nitrogens with two attached hydrogens (primary N) is 1. The smallest absolute Gasteiger partial charge is 0.340 e. The van der Waals surface area contributed by atoms with Crippen LogP contribution in [0.3, 0.4) is 0 Å². The minimum absolute atomic E-state index is 0.104. The first kappa shape index (κ1) is 13.4. The Bertz CT molecular complexity index is 614. The first-order valence-electron chi connectivity index (χ1n) is 5.71. The monoisotopic (exact) mass is 276 g/mol. The van der Waals surface area contributed by atoms with E-state index >= 15 is 0 Å². The van der Waals surface area contributed by atoms with Crippen LogP contribution in [0.5, 0.6) is 0 Å². The third-order valence-corrected chi connectivity index (χ3v) is 2.90. The summed E-state index contributed by atoms with van der Waals surface area (Å²) in [6.07, 6.45) is 0. The van der Waals surface area contributed by atoms with Gasteiger partial charge in [0.25, 0.3) is 0 Å². The first-order valence-corrected chi connectivity index (χ1v) is 6.09. The van der Waals surface area contributed by atoms with Crippen LogP contribution in [-0.4, -0.2) is 11.0 Å². The molecule has 0 aliphatic heterocycles. The fourth-order valence-electron chi connectivity index (χ4n) is 1.61. The third kappa shape index (κ3) is 3.23. The lowest BCUT2D eigenvalue weighted by Gasteiger charge is -2.08. The zero-order valence-electron chi connectivity index (χ0n) is 10.4. The summed E-state index contributed by atoms with van der Waals surface area (Å²) in [4.78, 5) is 16.1. The molecule has 0 atom stereocenters. The summed E-state index contributed by atoms with van der Waals surface area (Å²) < 4.78 is 5.16. The maximum atomic E-state index is 11.9. The second kappa shape index (κ2) is 5.71. The molecule has 19 heavy (non-hydrogen) atoms. The molecule has 4 nitrogen and oxygen atoms in total. The quantitative estimate of drug-likeness (QED) is 0.691. The summed E-state index contributed by atoms with van der Waals surface area (Å²) in [6, 6.07) is 10.4. The maximum Gasteiger partial charge on any atom is 0.340 e. The molecule has 1 aromatic carbocycles. The van der Waals surface area contributed by atoms with Crippen molar-refractivity contribution in [1.29, 1.82) is 0 Å². The van der Waals surface area contributed by atoms with E-state index in [1.165, 1.54) is 0 Å². The van der Waals surface area contributed by atoms with Gasteiger partial charge < -0.3 is 10.5 Å². The number of aromatic nitrogens is 1. The Balaban J connectivity index is 2.08. The number of nitrogen functional groups attached to an aromatic ring is 1. The Hall–Kier alpha value is -2.07. The third-order valence-electron chi connectivity index (χ3n) is 2.57. The van der Waals surface area contributed by atoms with Gasteiger partial charge >= 0.3 is 5.97 Å². The number of nitrogens with zero attached hydrogens (tertiary/aromatic N) is 1. The highest BCUT2D eigenvalue weighted by molar-refractivity contribution is 6.33. The van der Waals surface area contributed by atoms with Gasteiger partial charge in [-0.15, -0.1) is 0 Å². The number of para-hydroxylation sites is 1. The van der Waals surface area contributed by atoms with Gasteiger partial charge in [-0.05, 0) is 31.2 Å². The molecule has 1 aromatic heterocycles. The van der Waals surface area contributed by atoms with Crippen LogP contribution in [0.2, 0.25) is 5.02 Å². The summed E-state index contributed by atoms with van der Waals surface area (Å²) in [5, 5.41) is 0.336. The molecule has 0 aliphatic rings. The topological polar surface area (TPSA) is 65.2 Å². The fraction of sp³-hybridized carbons (Fsp3) is 0.143. The highest BCUT2D eigenvalue weighted by atomic mass is 35.5. The highest BCUT2D eigenvalue weighted by Gasteiger charge is 2.13. The second-order valence-corrected chi connectivity index (χ2v) is 4.45. The van der Waals surface area contributed by atoms with Crippen molar-refractivity contribution in [3.05, 3.63) is 58.4 Å². The maximum absolute atomic E-state index is 11.9. The minimum Gasteiger partial charge on any atom is -0.456 e. The van der Waals surface area contributed by atoms with Crippen LogP contribution in [0.15, 0.2) is 36.4 Å². The van der Waals surface area contributed by atoms with E-state index in [0.29, 0.717) is 10.7 Å². The Morgan fingerprint density at radius 2 is 2.05 bits per heavy atom. The number of esters is 1. The molecule has 1 heterocycles.